The molecule has 1 aromatic carbocycles. The van der Waals surface area contributed by atoms with Gasteiger partial charge in [-0.25, -0.2) is 0 Å². The van der Waals surface area contributed by atoms with Crippen LogP contribution in [0.3, 0.4) is 0 Å². The second-order valence-corrected chi connectivity index (χ2v) is 7.89. The van der Waals surface area contributed by atoms with Gasteiger partial charge in [0.15, 0.2) is 0 Å². The van der Waals surface area contributed by atoms with E-state index in [1.807, 2.05) is 30.1 Å². The molecule has 1 amide bonds. The lowest BCUT2D eigenvalue weighted by molar-refractivity contribution is -0.129. The molecule has 134 valence electrons. The average Bonchev–Trinajstić information content (AvgIpc) is 3.09. The summed E-state index contributed by atoms with van der Waals surface area (Å²) in [5, 5.41) is 8.97. The normalized spacial score (nSPS) is 20.4. The van der Waals surface area contributed by atoms with Crippen molar-refractivity contribution in [1.82, 2.24) is 15.1 Å². The number of halogens is 1. The first-order valence-electron chi connectivity index (χ1n) is 8.51. The van der Waals surface area contributed by atoms with Crippen molar-refractivity contribution in [2.24, 2.45) is 5.92 Å². The summed E-state index contributed by atoms with van der Waals surface area (Å²) in [5.41, 5.74) is 0.697. The maximum atomic E-state index is 12.4. The lowest BCUT2D eigenvalue weighted by Crippen LogP contribution is -2.40. The largest absolute Gasteiger partial charge is 0.411 e. The minimum Gasteiger partial charge on any atom is -0.411 e. The Hall–Kier alpha value is -1.53. The third kappa shape index (κ3) is 4.55. The summed E-state index contributed by atoms with van der Waals surface area (Å²) in [5.74, 6) is 1.54. The van der Waals surface area contributed by atoms with Gasteiger partial charge in [-0.3, -0.25) is 4.79 Å². The van der Waals surface area contributed by atoms with Crippen molar-refractivity contribution in [2.45, 2.75) is 43.9 Å². The van der Waals surface area contributed by atoms with E-state index in [0.717, 1.165) is 18.8 Å². The predicted molar refractivity (Wildman–Crippen MR) is 99.7 cm³/mol. The highest BCUT2D eigenvalue weighted by molar-refractivity contribution is 7.99. The molecule has 0 radical (unpaired) electrons. The number of benzene rings is 1. The first-order valence-corrected chi connectivity index (χ1v) is 9.88. The summed E-state index contributed by atoms with van der Waals surface area (Å²) in [6.45, 7) is 2.28. The molecule has 1 fully saturated rings. The molecule has 2 aromatic rings. The fourth-order valence-electron chi connectivity index (χ4n) is 3.07. The summed E-state index contributed by atoms with van der Waals surface area (Å²) < 4.78 is 5.63. The molecule has 3 rings (SSSR count). The number of hydrogen-bond donors (Lipinski definition) is 0. The van der Waals surface area contributed by atoms with Gasteiger partial charge in [-0.15, -0.1) is 10.2 Å². The molecule has 0 spiro atoms. The summed E-state index contributed by atoms with van der Waals surface area (Å²) in [7, 11) is 1.90. The molecule has 0 atom stereocenters. The third-order valence-electron chi connectivity index (χ3n) is 4.76. The van der Waals surface area contributed by atoms with Crippen molar-refractivity contribution in [2.75, 3.05) is 12.8 Å². The van der Waals surface area contributed by atoms with E-state index in [1.165, 1.54) is 24.6 Å². The van der Waals surface area contributed by atoms with Crippen molar-refractivity contribution >= 4 is 29.3 Å². The van der Waals surface area contributed by atoms with Gasteiger partial charge in [0.05, 0.1) is 16.3 Å². The first kappa shape index (κ1) is 18.3. The maximum absolute atomic E-state index is 12.4. The van der Waals surface area contributed by atoms with Gasteiger partial charge < -0.3 is 9.32 Å². The van der Waals surface area contributed by atoms with Gasteiger partial charge in [0.25, 0.3) is 5.22 Å². The van der Waals surface area contributed by atoms with Gasteiger partial charge in [0, 0.05) is 13.1 Å². The molecular weight excluding hydrogens is 358 g/mol. The van der Waals surface area contributed by atoms with Gasteiger partial charge in [-0.05, 0) is 43.7 Å². The highest BCUT2D eigenvalue weighted by Crippen LogP contribution is 2.30. The Kier molecular flexibility index (Phi) is 6.02. The number of thioether (sulfide) groups is 1. The Morgan fingerprint density at radius 3 is 2.72 bits per heavy atom. The summed E-state index contributed by atoms with van der Waals surface area (Å²) >= 11 is 7.41. The molecule has 1 saturated carbocycles. The highest BCUT2D eigenvalue weighted by Gasteiger charge is 2.25. The Bertz CT molecular complexity index is 729. The van der Waals surface area contributed by atoms with Crippen molar-refractivity contribution in [1.29, 1.82) is 0 Å². The maximum Gasteiger partial charge on any atom is 0.277 e. The van der Waals surface area contributed by atoms with Crippen molar-refractivity contribution in [3.8, 4) is 11.5 Å². The predicted octanol–water partition coefficient (Wildman–Crippen LogP) is 4.52. The lowest BCUT2D eigenvalue weighted by Gasteiger charge is -2.33. The molecule has 0 aliphatic heterocycles. The second kappa shape index (κ2) is 8.23. The van der Waals surface area contributed by atoms with E-state index >= 15 is 0 Å². The minimum absolute atomic E-state index is 0.0991. The fourth-order valence-corrected chi connectivity index (χ4v) is 3.97. The van der Waals surface area contributed by atoms with E-state index in [9.17, 15) is 4.79 Å². The number of rotatable bonds is 5. The van der Waals surface area contributed by atoms with E-state index < -0.39 is 0 Å². The molecule has 0 saturated heterocycles. The molecule has 1 aliphatic carbocycles. The number of carbonyl (C=O) groups excluding carboxylic acids is 1. The second-order valence-electron chi connectivity index (χ2n) is 6.56. The molecule has 5 nitrogen and oxygen atoms in total. The Labute approximate surface area is 157 Å². The van der Waals surface area contributed by atoms with E-state index in [1.54, 1.807) is 6.07 Å². The topological polar surface area (TPSA) is 59.2 Å². The van der Waals surface area contributed by atoms with Gasteiger partial charge in [-0.1, -0.05) is 42.4 Å². The van der Waals surface area contributed by atoms with Crippen molar-refractivity contribution < 1.29 is 9.21 Å². The Morgan fingerprint density at radius 2 is 2.00 bits per heavy atom. The highest BCUT2D eigenvalue weighted by atomic mass is 35.5. The molecule has 25 heavy (non-hydrogen) atoms. The van der Waals surface area contributed by atoms with Crippen LogP contribution >= 0.6 is 23.4 Å². The van der Waals surface area contributed by atoms with Gasteiger partial charge in [0.2, 0.25) is 11.8 Å². The molecule has 0 unspecified atom stereocenters. The summed E-state index contributed by atoms with van der Waals surface area (Å²) in [6.07, 6.45) is 4.57. The fraction of sp³-hybridized carbons (Fsp3) is 0.500. The van der Waals surface area contributed by atoms with Crippen LogP contribution in [0.1, 0.15) is 32.6 Å². The monoisotopic (exact) mass is 379 g/mol. The van der Waals surface area contributed by atoms with Crippen LogP contribution in [0, 0.1) is 5.92 Å². The molecule has 0 N–H and O–H groups in total. The van der Waals surface area contributed by atoms with E-state index in [-0.39, 0.29) is 5.91 Å². The van der Waals surface area contributed by atoms with Crippen molar-refractivity contribution in [3.63, 3.8) is 0 Å². The quantitative estimate of drug-likeness (QED) is 0.715. The lowest BCUT2D eigenvalue weighted by atomic mass is 9.87. The Balaban J connectivity index is 1.55. The van der Waals surface area contributed by atoms with E-state index in [4.69, 9.17) is 16.0 Å². The van der Waals surface area contributed by atoms with Crippen LogP contribution in [0.25, 0.3) is 11.5 Å². The van der Waals surface area contributed by atoms with Gasteiger partial charge >= 0.3 is 0 Å². The number of carbonyl (C=O) groups is 1. The molecule has 1 aliphatic rings. The van der Waals surface area contributed by atoms with Crippen LogP contribution in [0.4, 0.5) is 0 Å². The molecule has 0 bridgehead atoms. The number of amides is 1. The zero-order valence-corrected chi connectivity index (χ0v) is 16.0. The molecule has 7 heteroatoms. The van der Waals surface area contributed by atoms with Crippen molar-refractivity contribution in [3.05, 3.63) is 29.3 Å². The zero-order chi connectivity index (χ0) is 17.8. The first-order chi connectivity index (χ1) is 12.0. The van der Waals surface area contributed by atoms with Crippen LogP contribution in [0.15, 0.2) is 33.9 Å². The number of hydrogen-bond acceptors (Lipinski definition) is 5. The van der Waals surface area contributed by atoms with Gasteiger partial charge in [-0.2, -0.15) is 0 Å². The van der Waals surface area contributed by atoms with Crippen LogP contribution in [0.2, 0.25) is 5.02 Å². The van der Waals surface area contributed by atoms with Crippen LogP contribution in [-0.4, -0.2) is 39.8 Å². The minimum atomic E-state index is 0.0991. The molecule has 1 aromatic heterocycles. The number of aromatic nitrogens is 2. The summed E-state index contributed by atoms with van der Waals surface area (Å²) in [6, 6.07) is 7.66. The van der Waals surface area contributed by atoms with Crippen LogP contribution in [-0.2, 0) is 4.79 Å². The average molecular weight is 380 g/mol. The van der Waals surface area contributed by atoms with E-state index in [0.29, 0.717) is 33.5 Å². The SMILES string of the molecule is CC1CCC(N(C)C(=O)CSc2nnc(-c3ccccc3Cl)o2)CC1. The van der Waals surface area contributed by atoms with Crippen LogP contribution in [0.5, 0.6) is 0 Å². The smallest absolute Gasteiger partial charge is 0.277 e. The summed E-state index contributed by atoms with van der Waals surface area (Å²) in [4.78, 5) is 14.3. The number of nitrogens with zero attached hydrogens (tertiary/aromatic N) is 3. The standard InChI is InChI=1S/C18H22ClN3O2S/c1-12-7-9-13(10-8-12)22(2)16(23)11-25-18-21-20-17(24-18)14-5-3-4-6-15(14)19/h3-6,12-13H,7-11H2,1-2H3. The zero-order valence-electron chi connectivity index (χ0n) is 14.4. The van der Waals surface area contributed by atoms with Crippen LogP contribution < -0.4 is 0 Å². The Morgan fingerprint density at radius 1 is 1.28 bits per heavy atom. The van der Waals surface area contributed by atoms with Gasteiger partial charge in [0.1, 0.15) is 0 Å². The molecule has 1 heterocycles. The van der Waals surface area contributed by atoms with E-state index in [2.05, 4.69) is 17.1 Å². The molecular formula is C18H22ClN3O2S. The third-order valence-corrected chi connectivity index (χ3v) is 5.89.